The minimum Gasteiger partial charge on any atom is -0.397 e. The van der Waals surface area contributed by atoms with Crippen molar-refractivity contribution in [2.24, 2.45) is 5.92 Å². The maximum atomic E-state index is 13.0. The van der Waals surface area contributed by atoms with E-state index in [1.54, 1.807) is 6.92 Å². The molecule has 0 amide bonds. The van der Waals surface area contributed by atoms with Crippen molar-refractivity contribution in [1.82, 2.24) is 0 Å². The molecule has 0 aliphatic rings. The highest BCUT2D eigenvalue weighted by atomic mass is 19.1. The number of aliphatic hydroxyl groups is 1. The van der Waals surface area contributed by atoms with E-state index in [1.165, 1.54) is 18.2 Å². The second-order valence-corrected chi connectivity index (χ2v) is 5.18. The first-order chi connectivity index (χ1) is 7.80. The molecule has 1 rings (SSSR count). The minimum atomic E-state index is -0.826. The first-order valence-electron chi connectivity index (χ1n) is 5.81. The van der Waals surface area contributed by atoms with Crippen LogP contribution in [0, 0.1) is 11.7 Å². The van der Waals surface area contributed by atoms with E-state index in [4.69, 9.17) is 5.73 Å². The van der Waals surface area contributed by atoms with Crippen LogP contribution in [-0.2, 0) is 0 Å². The Morgan fingerprint density at radius 1 is 1.47 bits per heavy atom. The summed E-state index contributed by atoms with van der Waals surface area (Å²) in [5, 5.41) is 13.1. The van der Waals surface area contributed by atoms with Crippen LogP contribution in [0.5, 0.6) is 0 Å². The molecule has 1 atom stereocenters. The zero-order chi connectivity index (χ0) is 13.1. The van der Waals surface area contributed by atoms with Gasteiger partial charge in [0, 0.05) is 6.54 Å². The van der Waals surface area contributed by atoms with Gasteiger partial charge in [0.15, 0.2) is 0 Å². The largest absolute Gasteiger partial charge is 0.397 e. The van der Waals surface area contributed by atoms with E-state index in [0.29, 0.717) is 30.3 Å². The quantitative estimate of drug-likeness (QED) is 0.693. The number of hydrogen-bond acceptors (Lipinski definition) is 3. The number of rotatable bonds is 5. The summed E-state index contributed by atoms with van der Waals surface area (Å²) in [5.74, 6) is 0.0573. The molecule has 4 N–H and O–H groups in total. The predicted octanol–water partition coefficient (Wildman–Crippen LogP) is 2.62. The number of hydrogen-bond donors (Lipinski definition) is 3. The Hall–Kier alpha value is -1.29. The Morgan fingerprint density at radius 2 is 2.12 bits per heavy atom. The van der Waals surface area contributed by atoms with Crippen molar-refractivity contribution in [3.8, 4) is 0 Å². The fourth-order valence-electron chi connectivity index (χ4n) is 1.92. The van der Waals surface area contributed by atoms with Crippen LogP contribution in [0.3, 0.4) is 0 Å². The van der Waals surface area contributed by atoms with Crippen molar-refractivity contribution in [3.63, 3.8) is 0 Å². The lowest BCUT2D eigenvalue weighted by atomic mass is 9.94. The van der Waals surface area contributed by atoms with E-state index < -0.39 is 5.60 Å². The van der Waals surface area contributed by atoms with Crippen LogP contribution in [0.4, 0.5) is 15.8 Å². The van der Waals surface area contributed by atoms with Crippen LogP contribution < -0.4 is 11.1 Å². The first-order valence-corrected chi connectivity index (χ1v) is 5.81. The molecular formula is C13H21FN2O. The van der Waals surface area contributed by atoms with Crippen LogP contribution in [0.25, 0.3) is 0 Å². The Kier molecular flexibility index (Phi) is 4.34. The first kappa shape index (κ1) is 13.8. The molecule has 0 fully saturated rings. The molecule has 0 saturated heterocycles. The molecule has 17 heavy (non-hydrogen) atoms. The molecule has 0 aliphatic heterocycles. The lowest BCUT2D eigenvalue weighted by molar-refractivity contribution is 0.0515. The maximum absolute atomic E-state index is 13.0. The van der Waals surface area contributed by atoms with Gasteiger partial charge in [-0.3, -0.25) is 0 Å². The summed E-state index contributed by atoms with van der Waals surface area (Å²) >= 11 is 0. The summed E-state index contributed by atoms with van der Waals surface area (Å²) in [4.78, 5) is 0. The number of nitrogen functional groups attached to an aromatic ring is 1. The van der Waals surface area contributed by atoms with Gasteiger partial charge in [-0.05, 0) is 37.5 Å². The number of nitrogens with two attached hydrogens (primary N) is 1. The van der Waals surface area contributed by atoms with Crippen LogP contribution in [0.2, 0.25) is 0 Å². The van der Waals surface area contributed by atoms with Gasteiger partial charge in [0.2, 0.25) is 0 Å². The van der Waals surface area contributed by atoms with E-state index in [0.717, 1.165) is 0 Å². The molecule has 0 aromatic heterocycles. The van der Waals surface area contributed by atoms with Gasteiger partial charge in [-0.2, -0.15) is 0 Å². The van der Waals surface area contributed by atoms with Crippen molar-refractivity contribution in [2.45, 2.75) is 32.8 Å². The standard InChI is InChI=1S/C13H21FN2O/c1-9(2)7-13(3,17)8-16-12-6-10(14)4-5-11(12)15/h4-6,9,16-17H,7-8,15H2,1-3H3. The van der Waals surface area contributed by atoms with Crippen molar-refractivity contribution >= 4 is 11.4 Å². The molecule has 1 unspecified atom stereocenters. The van der Waals surface area contributed by atoms with Gasteiger partial charge >= 0.3 is 0 Å². The van der Waals surface area contributed by atoms with Crippen molar-refractivity contribution in [1.29, 1.82) is 0 Å². The lowest BCUT2D eigenvalue weighted by Gasteiger charge is -2.26. The van der Waals surface area contributed by atoms with Crippen LogP contribution in [0.15, 0.2) is 18.2 Å². The summed E-state index contributed by atoms with van der Waals surface area (Å²) in [6, 6.07) is 4.16. The summed E-state index contributed by atoms with van der Waals surface area (Å²) < 4.78 is 13.0. The zero-order valence-electron chi connectivity index (χ0n) is 10.6. The molecule has 0 heterocycles. The van der Waals surface area contributed by atoms with Gasteiger partial charge in [0.05, 0.1) is 17.0 Å². The van der Waals surface area contributed by atoms with Gasteiger partial charge < -0.3 is 16.2 Å². The second-order valence-electron chi connectivity index (χ2n) is 5.18. The molecule has 3 nitrogen and oxygen atoms in total. The van der Waals surface area contributed by atoms with Crippen molar-refractivity contribution < 1.29 is 9.50 Å². The van der Waals surface area contributed by atoms with Gasteiger partial charge in [-0.15, -0.1) is 0 Å². The third-order valence-corrected chi connectivity index (χ3v) is 2.52. The Bertz CT molecular complexity index is 378. The predicted molar refractivity (Wildman–Crippen MR) is 69.4 cm³/mol. The van der Waals surface area contributed by atoms with Crippen molar-refractivity contribution in [3.05, 3.63) is 24.0 Å². The summed E-state index contributed by atoms with van der Waals surface area (Å²) in [6.45, 7) is 6.20. The highest BCUT2D eigenvalue weighted by Gasteiger charge is 2.21. The SMILES string of the molecule is CC(C)CC(C)(O)CNc1cc(F)ccc1N. The van der Waals surface area contributed by atoms with E-state index in [2.05, 4.69) is 5.32 Å². The number of halogens is 1. The maximum Gasteiger partial charge on any atom is 0.125 e. The summed E-state index contributed by atoms with van der Waals surface area (Å²) in [6.07, 6.45) is 0.676. The number of anilines is 2. The molecule has 96 valence electrons. The third kappa shape index (κ3) is 4.61. The molecule has 1 aromatic rings. The van der Waals surface area contributed by atoms with Crippen LogP contribution >= 0.6 is 0 Å². The van der Waals surface area contributed by atoms with Crippen molar-refractivity contribution in [2.75, 3.05) is 17.6 Å². The van der Waals surface area contributed by atoms with E-state index in [1.807, 2.05) is 13.8 Å². The van der Waals surface area contributed by atoms with Gasteiger partial charge in [0.1, 0.15) is 5.82 Å². The molecule has 0 spiro atoms. The van der Waals surface area contributed by atoms with E-state index >= 15 is 0 Å². The number of nitrogens with one attached hydrogen (secondary N) is 1. The zero-order valence-corrected chi connectivity index (χ0v) is 10.6. The minimum absolute atomic E-state index is 0.342. The van der Waals surface area contributed by atoms with E-state index in [-0.39, 0.29) is 5.82 Å². The molecule has 1 aromatic carbocycles. The van der Waals surface area contributed by atoms with Gasteiger partial charge in [-0.25, -0.2) is 4.39 Å². The number of benzene rings is 1. The van der Waals surface area contributed by atoms with E-state index in [9.17, 15) is 9.50 Å². The summed E-state index contributed by atoms with van der Waals surface area (Å²) in [7, 11) is 0. The lowest BCUT2D eigenvalue weighted by Crippen LogP contribution is -2.35. The third-order valence-electron chi connectivity index (χ3n) is 2.52. The molecule has 0 bridgehead atoms. The Labute approximate surface area is 102 Å². The highest BCUT2D eigenvalue weighted by molar-refractivity contribution is 5.65. The topological polar surface area (TPSA) is 58.3 Å². The molecule has 4 heteroatoms. The molecule has 0 aliphatic carbocycles. The molecule has 0 radical (unpaired) electrons. The average molecular weight is 240 g/mol. The van der Waals surface area contributed by atoms with Gasteiger partial charge in [-0.1, -0.05) is 13.8 Å². The van der Waals surface area contributed by atoms with Crippen LogP contribution in [0.1, 0.15) is 27.2 Å². The fraction of sp³-hybridized carbons (Fsp3) is 0.538. The molecule has 0 saturated carbocycles. The normalized spacial score (nSPS) is 14.7. The Balaban J connectivity index is 2.63. The van der Waals surface area contributed by atoms with Crippen LogP contribution in [-0.4, -0.2) is 17.3 Å². The molecular weight excluding hydrogens is 219 g/mol. The second kappa shape index (κ2) is 5.36. The van der Waals surface area contributed by atoms with Gasteiger partial charge in [0.25, 0.3) is 0 Å². The fourth-order valence-corrected chi connectivity index (χ4v) is 1.92. The average Bonchev–Trinajstić information content (AvgIpc) is 2.17. The monoisotopic (exact) mass is 240 g/mol. The smallest absolute Gasteiger partial charge is 0.125 e. The Morgan fingerprint density at radius 3 is 2.71 bits per heavy atom. The summed E-state index contributed by atoms with van der Waals surface area (Å²) in [5.41, 5.74) is 5.88. The highest BCUT2D eigenvalue weighted by Crippen LogP contribution is 2.22.